The van der Waals surface area contributed by atoms with Gasteiger partial charge in [0.1, 0.15) is 6.04 Å². The summed E-state index contributed by atoms with van der Waals surface area (Å²) in [7, 11) is 1.63. The SMILES string of the molecule is CC1CCN(c2nccn(C)c2=O)C1C(=O)O. The highest BCUT2D eigenvalue weighted by Crippen LogP contribution is 2.26. The molecule has 1 aliphatic rings. The first-order valence-electron chi connectivity index (χ1n) is 5.53. The number of carboxylic acid groups (broad SMARTS) is 1. The molecule has 0 saturated carbocycles. The van der Waals surface area contributed by atoms with E-state index >= 15 is 0 Å². The van der Waals surface area contributed by atoms with E-state index < -0.39 is 12.0 Å². The highest BCUT2D eigenvalue weighted by atomic mass is 16.4. The molecule has 6 nitrogen and oxygen atoms in total. The Morgan fingerprint density at radius 3 is 2.94 bits per heavy atom. The lowest BCUT2D eigenvalue weighted by molar-refractivity contribution is -0.139. The molecule has 0 amide bonds. The molecule has 1 aromatic rings. The van der Waals surface area contributed by atoms with Crippen LogP contribution in [0.4, 0.5) is 5.82 Å². The third kappa shape index (κ3) is 1.90. The molecule has 0 aliphatic carbocycles. The number of anilines is 1. The summed E-state index contributed by atoms with van der Waals surface area (Å²) in [6.45, 7) is 2.44. The first kappa shape index (κ1) is 11.6. The zero-order valence-electron chi connectivity index (χ0n) is 9.83. The van der Waals surface area contributed by atoms with Crippen LogP contribution in [-0.4, -0.2) is 33.2 Å². The molecule has 1 aromatic heterocycles. The number of aryl methyl sites for hydroxylation is 1. The van der Waals surface area contributed by atoms with Gasteiger partial charge in [-0.2, -0.15) is 0 Å². The van der Waals surface area contributed by atoms with Crippen LogP contribution in [0, 0.1) is 5.92 Å². The molecule has 1 aliphatic heterocycles. The highest BCUT2D eigenvalue weighted by Gasteiger charge is 2.38. The van der Waals surface area contributed by atoms with Gasteiger partial charge >= 0.3 is 5.97 Å². The van der Waals surface area contributed by atoms with Gasteiger partial charge in [0.2, 0.25) is 0 Å². The van der Waals surface area contributed by atoms with Gasteiger partial charge in [-0.25, -0.2) is 9.78 Å². The van der Waals surface area contributed by atoms with Gasteiger partial charge in [-0.3, -0.25) is 4.79 Å². The summed E-state index contributed by atoms with van der Waals surface area (Å²) in [4.78, 5) is 28.7. The Balaban J connectivity index is 2.43. The summed E-state index contributed by atoms with van der Waals surface area (Å²) in [5.74, 6) is -0.645. The number of rotatable bonds is 2. The van der Waals surface area contributed by atoms with Crippen LogP contribution >= 0.6 is 0 Å². The fraction of sp³-hybridized carbons (Fsp3) is 0.545. The van der Waals surface area contributed by atoms with Gasteiger partial charge in [0, 0.05) is 26.0 Å². The van der Waals surface area contributed by atoms with Gasteiger partial charge in [-0.15, -0.1) is 0 Å². The highest BCUT2D eigenvalue weighted by molar-refractivity contribution is 5.78. The number of carboxylic acids is 1. The number of hydrogen-bond donors (Lipinski definition) is 1. The van der Waals surface area contributed by atoms with Crippen molar-refractivity contribution >= 4 is 11.8 Å². The second-order valence-electron chi connectivity index (χ2n) is 4.41. The van der Waals surface area contributed by atoms with E-state index in [-0.39, 0.29) is 17.3 Å². The topological polar surface area (TPSA) is 75.4 Å². The maximum Gasteiger partial charge on any atom is 0.326 e. The molecule has 1 saturated heterocycles. The Labute approximate surface area is 98.5 Å². The van der Waals surface area contributed by atoms with Gasteiger partial charge in [-0.05, 0) is 12.3 Å². The van der Waals surface area contributed by atoms with E-state index in [1.54, 1.807) is 18.1 Å². The largest absolute Gasteiger partial charge is 0.480 e. The zero-order valence-corrected chi connectivity index (χ0v) is 9.83. The molecular weight excluding hydrogens is 222 g/mol. The van der Waals surface area contributed by atoms with Crippen molar-refractivity contribution in [3.05, 3.63) is 22.7 Å². The smallest absolute Gasteiger partial charge is 0.326 e. The van der Waals surface area contributed by atoms with Crippen molar-refractivity contribution in [2.45, 2.75) is 19.4 Å². The molecule has 2 heterocycles. The molecule has 0 bridgehead atoms. The summed E-state index contributed by atoms with van der Waals surface area (Å²) >= 11 is 0. The summed E-state index contributed by atoms with van der Waals surface area (Å²) < 4.78 is 1.41. The monoisotopic (exact) mass is 237 g/mol. The van der Waals surface area contributed by atoms with Gasteiger partial charge < -0.3 is 14.6 Å². The van der Waals surface area contributed by atoms with Crippen molar-refractivity contribution in [1.82, 2.24) is 9.55 Å². The molecule has 1 fully saturated rings. The lowest BCUT2D eigenvalue weighted by Gasteiger charge is -2.23. The van der Waals surface area contributed by atoms with Crippen molar-refractivity contribution in [2.24, 2.45) is 13.0 Å². The lowest BCUT2D eigenvalue weighted by atomic mass is 10.0. The third-order valence-corrected chi connectivity index (χ3v) is 3.22. The van der Waals surface area contributed by atoms with E-state index in [1.807, 2.05) is 6.92 Å². The fourth-order valence-corrected chi connectivity index (χ4v) is 2.24. The maximum atomic E-state index is 11.9. The van der Waals surface area contributed by atoms with Gasteiger partial charge in [0.05, 0.1) is 0 Å². The second-order valence-corrected chi connectivity index (χ2v) is 4.41. The molecule has 0 aromatic carbocycles. The van der Waals surface area contributed by atoms with Crippen LogP contribution in [-0.2, 0) is 11.8 Å². The Bertz CT molecular complexity index is 497. The van der Waals surface area contributed by atoms with Crippen LogP contribution in [0.3, 0.4) is 0 Å². The van der Waals surface area contributed by atoms with Gasteiger partial charge in [0.25, 0.3) is 5.56 Å². The molecule has 2 rings (SSSR count). The van der Waals surface area contributed by atoms with Crippen molar-refractivity contribution < 1.29 is 9.90 Å². The van der Waals surface area contributed by atoms with E-state index in [9.17, 15) is 14.7 Å². The summed E-state index contributed by atoms with van der Waals surface area (Å²) in [6.07, 6.45) is 3.83. The number of carbonyl (C=O) groups is 1. The first-order chi connectivity index (χ1) is 8.02. The van der Waals surface area contributed by atoms with Crippen LogP contribution in [0.15, 0.2) is 17.2 Å². The molecular formula is C11H15N3O3. The summed E-state index contributed by atoms with van der Waals surface area (Å²) in [6, 6.07) is -0.655. The zero-order chi connectivity index (χ0) is 12.6. The Morgan fingerprint density at radius 1 is 1.59 bits per heavy atom. The number of aromatic nitrogens is 2. The molecule has 92 valence electrons. The molecule has 0 radical (unpaired) electrons. The minimum atomic E-state index is -0.900. The van der Waals surface area contributed by atoms with Crippen molar-refractivity contribution in [1.29, 1.82) is 0 Å². The summed E-state index contributed by atoms with van der Waals surface area (Å²) in [5, 5.41) is 9.20. The molecule has 17 heavy (non-hydrogen) atoms. The minimum Gasteiger partial charge on any atom is -0.480 e. The van der Waals surface area contributed by atoms with Gasteiger partial charge in [-0.1, -0.05) is 6.92 Å². The predicted molar refractivity (Wildman–Crippen MR) is 62.0 cm³/mol. The van der Waals surface area contributed by atoms with Crippen LogP contribution < -0.4 is 10.5 Å². The maximum absolute atomic E-state index is 11.9. The fourth-order valence-electron chi connectivity index (χ4n) is 2.24. The minimum absolute atomic E-state index is 0.0270. The molecule has 6 heteroatoms. The van der Waals surface area contributed by atoms with Crippen molar-refractivity contribution in [3.63, 3.8) is 0 Å². The first-order valence-corrected chi connectivity index (χ1v) is 5.53. The Hall–Kier alpha value is -1.85. The predicted octanol–water partition coefficient (Wildman–Crippen LogP) is 0.0797. The van der Waals surface area contributed by atoms with E-state index in [0.29, 0.717) is 6.54 Å². The molecule has 2 atom stereocenters. The number of hydrogen-bond acceptors (Lipinski definition) is 4. The Kier molecular flexibility index (Phi) is 2.87. The Morgan fingerprint density at radius 2 is 2.29 bits per heavy atom. The van der Waals surface area contributed by atoms with E-state index in [0.717, 1.165) is 6.42 Å². The van der Waals surface area contributed by atoms with E-state index in [4.69, 9.17) is 0 Å². The van der Waals surface area contributed by atoms with Crippen LogP contribution in [0.5, 0.6) is 0 Å². The normalized spacial score (nSPS) is 24.0. The molecule has 0 spiro atoms. The quantitative estimate of drug-likeness (QED) is 0.788. The molecule has 1 N–H and O–H groups in total. The summed E-state index contributed by atoms with van der Waals surface area (Å²) in [5.41, 5.74) is -0.257. The third-order valence-electron chi connectivity index (χ3n) is 3.22. The van der Waals surface area contributed by atoms with E-state index in [1.165, 1.54) is 10.8 Å². The van der Waals surface area contributed by atoms with Crippen LogP contribution in [0.2, 0.25) is 0 Å². The lowest BCUT2D eigenvalue weighted by Crippen LogP contribution is -2.42. The van der Waals surface area contributed by atoms with Crippen LogP contribution in [0.25, 0.3) is 0 Å². The molecule has 2 unspecified atom stereocenters. The standard InChI is InChI=1S/C11H15N3O3/c1-7-3-5-14(8(7)11(16)17)9-10(15)13(2)6-4-12-9/h4,6-8H,3,5H2,1-2H3,(H,16,17). The van der Waals surface area contributed by atoms with E-state index in [2.05, 4.69) is 4.98 Å². The van der Waals surface area contributed by atoms with Gasteiger partial charge in [0.15, 0.2) is 5.82 Å². The average Bonchev–Trinajstić information content (AvgIpc) is 2.64. The average molecular weight is 237 g/mol. The number of nitrogens with zero attached hydrogens (tertiary/aromatic N) is 3. The van der Waals surface area contributed by atoms with Crippen molar-refractivity contribution in [2.75, 3.05) is 11.4 Å². The van der Waals surface area contributed by atoms with Crippen LogP contribution in [0.1, 0.15) is 13.3 Å². The van der Waals surface area contributed by atoms with Crippen molar-refractivity contribution in [3.8, 4) is 0 Å². The second kappa shape index (κ2) is 4.20. The number of aliphatic carboxylic acids is 1.